The van der Waals surface area contributed by atoms with Crippen molar-refractivity contribution in [2.24, 2.45) is 11.1 Å². The molecule has 6 nitrogen and oxygen atoms in total. The van der Waals surface area contributed by atoms with Crippen molar-refractivity contribution in [1.29, 1.82) is 0 Å². The number of hydrogen-bond acceptors (Lipinski definition) is 4. The van der Waals surface area contributed by atoms with Crippen molar-refractivity contribution >= 4 is 21.6 Å². The number of nitrogens with zero attached hydrogens (tertiary/aromatic N) is 1. The van der Waals surface area contributed by atoms with E-state index >= 15 is 0 Å². The molecule has 0 aliphatic carbocycles. The van der Waals surface area contributed by atoms with Crippen molar-refractivity contribution in [1.82, 2.24) is 4.72 Å². The number of carbonyl (C=O) groups is 1. The number of nitrogens with one attached hydrogen (secondary N) is 1. The first-order valence-electron chi connectivity index (χ1n) is 7.69. The Kier molecular flexibility index (Phi) is 4.84. The van der Waals surface area contributed by atoms with Crippen LogP contribution in [0.5, 0.6) is 0 Å². The summed E-state index contributed by atoms with van der Waals surface area (Å²) in [6.07, 6.45) is 0.746. The average molecular weight is 339 g/mol. The standard InChI is InChI=1S/C16H25N3O3S/c1-11(20)19-8-7-12-5-6-13(9-14(12)19)23(21,22)18-15(10-17)16(2,3)4/h5-6,9,15,18H,7-8,10,17H2,1-4H3. The van der Waals surface area contributed by atoms with Crippen LogP contribution in [0.2, 0.25) is 0 Å². The lowest BCUT2D eigenvalue weighted by Crippen LogP contribution is -2.48. The van der Waals surface area contributed by atoms with Gasteiger partial charge in [0.1, 0.15) is 0 Å². The van der Waals surface area contributed by atoms with E-state index in [1.807, 2.05) is 20.8 Å². The molecule has 1 aliphatic heterocycles. The molecule has 1 aliphatic rings. The van der Waals surface area contributed by atoms with Crippen LogP contribution in [0, 0.1) is 5.41 Å². The Morgan fingerprint density at radius 2 is 2.04 bits per heavy atom. The Bertz CT molecular complexity index is 708. The number of hydrogen-bond donors (Lipinski definition) is 2. The largest absolute Gasteiger partial charge is 0.329 e. The van der Waals surface area contributed by atoms with E-state index < -0.39 is 10.0 Å². The van der Waals surface area contributed by atoms with Gasteiger partial charge in [0, 0.05) is 31.7 Å². The number of nitrogens with two attached hydrogens (primary N) is 1. The number of fused-ring (bicyclic) bond motifs is 1. The van der Waals surface area contributed by atoms with E-state index in [0.717, 1.165) is 12.0 Å². The molecule has 0 fully saturated rings. The number of carbonyl (C=O) groups excluding carboxylic acids is 1. The third-order valence-corrected chi connectivity index (χ3v) is 5.69. The van der Waals surface area contributed by atoms with E-state index in [1.165, 1.54) is 6.92 Å². The van der Waals surface area contributed by atoms with Crippen LogP contribution in [0.4, 0.5) is 5.69 Å². The minimum absolute atomic E-state index is 0.0826. The van der Waals surface area contributed by atoms with E-state index in [-0.39, 0.29) is 28.8 Å². The van der Waals surface area contributed by atoms with Crippen LogP contribution in [0.15, 0.2) is 23.1 Å². The maximum absolute atomic E-state index is 12.7. The molecule has 1 aromatic carbocycles. The van der Waals surface area contributed by atoms with E-state index in [2.05, 4.69) is 4.72 Å². The van der Waals surface area contributed by atoms with Crippen LogP contribution < -0.4 is 15.4 Å². The maximum atomic E-state index is 12.7. The fraction of sp³-hybridized carbons (Fsp3) is 0.562. The van der Waals surface area contributed by atoms with Crippen LogP contribution in [-0.2, 0) is 21.2 Å². The molecule has 0 radical (unpaired) electrons. The minimum Gasteiger partial charge on any atom is -0.329 e. The average Bonchev–Trinajstić information content (AvgIpc) is 2.86. The van der Waals surface area contributed by atoms with Crippen molar-refractivity contribution in [2.45, 2.75) is 45.1 Å². The monoisotopic (exact) mass is 339 g/mol. The summed E-state index contributed by atoms with van der Waals surface area (Å²) < 4.78 is 28.0. The van der Waals surface area contributed by atoms with Gasteiger partial charge in [-0.25, -0.2) is 13.1 Å². The van der Waals surface area contributed by atoms with Crippen LogP contribution in [0.25, 0.3) is 0 Å². The maximum Gasteiger partial charge on any atom is 0.240 e. The lowest BCUT2D eigenvalue weighted by Gasteiger charge is -2.30. The molecule has 1 aromatic rings. The third kappa shape index (κ3) is 3.73. The molecule has 3 N–H and O–H groups in total. The van der Waals surface area contributed by atoms with Crippen LogP contribution in [0.1, 0.15) is 33.3 Å². The predicted molar refractivity (Wildman–Crippen MR) is 90.8 cm³/mol. The summed E-state index contributed by atoms with van der Waals surface area (Å²) in [6.45, 7) is 8.11. The summed E-state index contributed by atoms with van der Waals surface area (Å²) in [4.78, 5) is 13.4. The molecule has 1 amide bonds. The quantitative estimate of drug-likeness (QED) is 0.863. The summed E-state index contributed by atoms with van der Waals surface area (Å²) in [6, 6.07) is 4.56. The lowest BCUT2D eigenvalue weighted by molar-refractivity contribution is -0.116. The Labute approximate surface area is 138 Å². The highest BCUT2D eigenvalue weighted by atomic mass is 32.2. The summed E-state index contributed by atoms with van der Waals surface area (Å²) in [5.74, 6) is -0.0826. The number of benzene rings is 1. The zero-order chi connectivity index (χ0) is 17.4. The van der Waals surface area contributed by atoms with Gasteiger partial charge in [-0.1, -0.05) is 26.8 Å². The van der Waals surface area contributed by atoms with Crippen molar-refractivity contribution in [3.05, 3.63) is 23.8 Å². The Balaban J connectivity index is 2.35. The Hall–Kier alpha value is -1.44. The molecular weight excluding hydrogens is 314 g/mol. The molecular formula is C16H25N3O3S. The van der Waals surface area contributed by atoms with Crippen LogP contribution in [0.3, 0.4) is 0 Å². The van der Waals surface area contributed by atoms with Gasteiger partial charge >= 0.3 is 0 Å². The molecule has 0 aromatic heterocycles. The van der Waals surface area contributed by atoms with E-state index in [1.54, 1.807) is 23.1 Å². The van der Waals surface area contributed by atoms with Crippen molar-refractivity contribution < 1.29 is 13.2 Å². The van der Waals surface area contributed by atoms with Crippen LogP contribution in [-0.4, -0.2) is 33.5 Å². The molecule has 1 heterocycles. The highest BCUT2D eigenvalue weighted by Gasteiger charge is 2.30. The summed E-state index contributed by atoms with van der Waals surface area (Å²) in [7, 11) is -3.69. The van der Waals surface area contributed by atoms with E-state index in [9.17, 15) is 13.2 Å². The Morgan fingerprint density at radius 1 is 1.39 bits per heavy atom. The fourth-order valence-electron chi connectivity index (χ4n) is 2.69. The predicted octanol–water partition coefficient (Wildman–Crippen LogP) is 1.25. The van der Waals surface area contributed by atoms with Gasteiger partial charge in [0.05, 0.1) is 4.90 Å². The van der Waals surface area contributed by atoms with Crippen molar-refractivity contribution in [2.75, 3.05) is 18.0 Å². The SMILES string of the molecule is CC(=O)N1CCc2ccc(S(=O)(=O)NC(CN)C(C)(C)C)cc21. The zero-order valence-electron chi connectivity index (χ0n) is 14.1. The molecule has 0 saturated carbocycles. The molecule has 0 saturated heterocycles. The molecule has 1 unspecified atom stereocenters. The first kappa shape index (κ1) is 17.9. The smallest absolute Gasteiger partial charge is 0.240 e. The summed E-state index contributed by atoms with van der Waals surface area (Å²) >= 11 is 0. The number of anilines is 1. The molecule has 0 bridgehead atoms. The fourth-order valence-corrected chi connectivity index (χ4v) is 4.16. The van der Waals surface area contributed by atoms with E-state index in [0.29, 0.717) is 12.2 Å². The molecule has 23 heavy (non-hydrogen) atoms. The normalized spacial score (nSPS) is 16.3. The summed E-state index contributed by atoms with van der Waals surface area (Å²) in [5.41, 5.74) is 7.10. The number of sulfonamides is 1. The second kappa shape index (κ2) is 6.22. The molecule has 2 rings (SSSR count). The topological polar surface area (TPSA) is 92.5 Å². The van der Waals surface area contributed by atoms with Gasteiger partial charge in [0.15, 0.2) is 0 Å². The molecule has 7 heteroatoms. The first-order chi connectivity index (χ1) is 10.6. The number of amides is 1. The van der Waals surface area contributed by atoms with Gasteiger partial charge < -0.3 is 10.6 Å². The van der Waals surface area contributed by atoms with Gasteiger partial charge in [0.2, 0.25) is 15.9 Å². The lowest BCUT2D eigenvalue weighted by atomic mass is 9.88. The van der Waals surface area contributed by atoms with Crippen LogP contribution >= 0.6 is 0 Å². The van der Waals surface area contributed by atoms with Crippen molar-refractivity contribution in [3.63, 3.8) is 0 Å². The van der Waals surface area contributed by atoms with Gasteiger partial charge in [-0.05, 0) is 29.5 Å². The van der Waals surface area contributed by atoms with Gasteiger partial charge in [-0.2, -0.15) is 0 Å². The second-order valence-corrected chi connectivity index (χ2v) is 8.70. The van der Waals surface area contributed by atoms with Crippen molar-refractivity contribution in [3.8, 4) is 0 Å². The highest BCUT2D eigenvalue weighted by molar-refractivity contribution is 7.89. The van der Waals surface area contributed by atoms with Gasteiger partial charge in [0.25, 0.3) is 0 Å². The summed E-state index contributed by atoms with van der Waals surface area (Å²) in [5, 5.41) is 0. The third-order valence-electron chi connectivity index (χ3n) is 4.22. The zero-order valence-corrected chi connectivity index (χ0v) is 14.9. The minimum atomic E-state index is -3.69. The molecule has 0 spiro atoms. The second-order valence-electron chi connectivity index (χ2n) is 6.99. The highest BCUT2D eigenvalue weighted by Crippen LogP contribution is 2.31. The van der Waals surface area contributed by atoms with Gasteiger partial charge in [-0.15, -0.1) is 0 Å². The molecule has 128 valence electrons. The molecule has 1 atom stereocenters. The van der Waals surface area contributed by atoms with Gasteiger partial charge in [-0.3, -0.25) is 4.79 Å². The number of rotatable bonds is 4. The first-order valence-corrected chi connectivity index (χ1v) is 9.18. The van der Waals surface area contributed by atoms with E-state index in [4.69, 9.17) is 5.73 Å². The Morgan fingerprint density at radius 3 is 2.57 bits per heavy atom.